The third-order valence-electron chi connectivity index (χ3n) is 4.66. The Bertz CT molecular complexity index is 781. The first-order valence-electron chi connectivity index (χ1n) is 8.38. The highest BCUT2D eigenvalue weighted by atomic mass is 32.2. The molecule has 1 aromatic carbocycles. The molecular formula is C17H21N3O4S. The minimum atomic E-state index is -3.44. The summed E-state index contributed by atoms with van der Waals surface area (Å²) < 4.78 is 32.4. The normalized spacial score (nSPS) is 22.4. The van der Waals surface area contributed by atoms with E-state index in [1.807, 2.05) is 6.07 Å². The Morgan fingerprint density at radius 3 is 2.72 bits per heavy atom. The summed E-state index contributed by atoms with van der Waals surface area (Å²) in [5.74, 6) is -0.223. The van der Waals surface area contributed by atoms with Gasteiger partial charge in [-0.15, -0.1) is 0 Å². The van der Waals surface area contributed by atoms with Gasteiger partial charge in [-0.1, -0.05) is 6.07 Å². The van der Waals surface area contributed by atoms with Crippen LogP contribution in [-0.2, 0) is 14.8 Å². The number of amides is 1. The molecule has 2 aliphatic heterocycles. The second-order valence-corrected chi connectivity index (χ2v) is 8.48. The van der Waals surface area contributed by atoms with Gasteiger partial charge in [-0.05, 0) is 31.0 Å². The summed E-state index contributed by atoms with van der Waals surface area (Å²) in [4.78, 5) is 14.3. The predicted molar refractivity (Wildman–Crippen MR) is 91.4 cm³/mol. The van der Waals surface area contributed by atoms with Gasteiger partial charge in [0.25, 0.3) is 5.91 Å². The lowest BCUT2D eigenvalue weighted by atomic mass is 10.1. The predicted octanol–water partition coefficient (Wildman–Crippen LogP) is 0.825. The third-order valence-corrected chi connectivity index (χ3v) is 6.97. The average molecular weight is 363 g/mol. The van der Waals surface area contributed by atoms with Crippen LogP contribution in [0.15, 0.2) is 24.3 Å². The van der Waals surface area contributed by atoms with Crippen LogP contribution in [0.3, 0.4) is 0 Å². The molecule has 0 aliphatic carbocycles. The highest BCUT2D eigenvalue weighted by Crippen LogP contribution is 2.22. The Balaban J connectivity index is 1.74. The fourth-order valence-electron chi connectivity index (χ4n) is 3.28. The van der Waals surface area contributed by atoms with E-state index in [0.29, 0.717) is 56.8 Å². The molecule has 0 aromatic heterocycles. The lowest BCUT2D eigenvalue weighted by molar-refractivity contribution is 0.0686. The summed E-state index contributed by atoms with van der Waals surface area (Å²) in [5, 5.41) is 8.40. The van der Waals surface area contributed by atoms with E-state index in [2.05, 4.69) is 0 Å². The van der Waals surface area contributed by atoms with E-state index in [-0.39, 0.29) is 12.5 Å². The van der Waals surface area contributed by atoms with Gasteiger partial charge in [0.15, 0.2) is 0 Å². The Morgan fingerprint density at radius 1 is 1.24 bits per heavy atom. The molecule has 2 saturated heterocycles. The van der Waals surface area contributed by atoms with Gasteiger partial charge in [0.2, 0.25) is 10.0 Å². The van der Waals surface area contributed by atoms with Crippen molar-refractivity contribution in [3.05, 3.63) is 35.4 Å². The number of rotatable bonds is 3. The summed E-state index contributed by atoms with van der Waals surface area (Å²) >= 11 is 0. The molecule has 0 bridgehead atoms. The molecule has 0 radical (unpaired) electrons. The number of nitrogens with zero attached hydrogens (tertiary/aromatic N) is 3. The van der Waals surface area contributed by atoms with Gasteiger partial charge in [-0.3, -0.25) is 4.79 Å². The van der Waals surface area contributed by atoms with Gasteiger partial charge in [-0.2, -0.15) is 9.57 Å². The van der Waals surface area contributed by atoms with Crippen LogP contribution in [0.4, 0.5) is 0 Å². The largest absolute Gasteiger partial charge is 0.379 e. The van der Waals surface area contributed by atoms with Crippen molar-refractivity contribution in [3.63, 3.8) is 0 Å². The van der Waals surface area contributed by atoms with Crippen LogP contribution in [0.1, 0.15) is 28.8 Å². The van der Waals surface area contributed by atoms with Crippen molar-refractivity contribution in [3.8, 4) is 6.07 Å². The standard InChI is InChI=1S/C17H21N3O4S/c18-12-14-3-1-4-15(11-14)17(21)19-6-2-5-16(13-19)25(22,23)20-7-9-24-10-8-20/h1,3-4,11,16H,2,5-10,13H2/t16-/m0/s1. The minimum absolute atomic E-state index is 0.190. The van der Waals surface area contributed by atoms with Crippen LogP contribution in [-0.4, -0.2) is 68.2 Å². The van der Waals surface area contributed by atoms with Crippen molar-refractivity contribution in [1.29, 1.82) is 5.26 Å². The first-order chi connectivity index (χ1) is 12.0. The zero-order valence-corrected chi connectivity index (χ0v) is 14.7. The molecule has 8 heteroatoms. The average Bonchev–Trinajstić information content (AvgIpc) is 2.68. The highest BCUT2D eigenvalue weighted by Gasteiger charge is 2.37. The van der Waals surface area contributed by atoms with Gasteiger partial charge >= 0.3 is 0 Å². The molecule has 0 spiro atoms. The molecule has 1 atom stereocenters. The molecule has 134 valence electrons. The molecule has 0 unspecified atom stereocenters. The van der Waals surface area contributed by atoms with E-state index in [1.54, 1.807) is 29.2 Å². The number of morpholine rings is 1. The molecule has 1 aromatic rings. The zero-order chi connectivity index (χ0) is 17.9. The van der Waals surface area contributed by atoms with Crippen LogP contribution >= 0.6 is 0 Å². The van der Waals surface area contributed by atoms with Crippen LogP contribution in [0.25, 0.3) is 0 Å². The van der Waals surface area contributed by atoms with Gasteiger partial charge in [0.1, 0.15) is 0 Å². The van der Waals surface area contributed by atoms with Gasteiger partial charge in [-0.25, -0.2) is 8.42 Å². The van der Waals surface area contributed by atoms with E-state index in [0.717, 1.165) is 0 Å². The maximum Gasteiger partial charge on any atom is 0.253 e. The number of piperidine rings is 1. The Labute approximate surface area is 147 Å². The fourth-order valence-corrected chi connectivity index (χ4v) is 5.19. The van der Waals surface area contributed by atoms with Gasteiger partial charge in [0.05, 0.1) is 30.1 Å². The van der Waals surface area contributed by atoms with Crippen molar-refractivity contribution in [1.82, 2.24) is 9.21 Å². The topological polar surface area (TPSA) is 90.7 Å². The first-order valence-corrected chi connectivity index (χ1v) is 9.89. The SMILES string of the molecule is N#Cc1cccc(C(=O)N2CCC[C@H](S(=O)(=O)N3CCOCC3)C2)c1. The maximum atomic E-state index is 12.8. The lowest BCUT2D eigenvalue weighted by Gasteiger charge is -2.36. The number of hydrogen-bond donors (Lipinski definition) is 0. The number of carbonyl (C=O) groups is 1. The number of nitriles is 1. The van der Waals surface area contributed by atoms with E-state index in [4.69, 9.17) is 10.00 Å². The Hall–Kier alpha value is -1.95. The number of benzene rings is 1. The minimum Gasteiger partial charge on any atom is -0.379 e. The number of hydrogen-bond acceptors (Lipinski definition) is 5. The van der Waals surface area contributed by atoms with Crippen molar-refractivity contribution < 1.29 is 17.9 Å². The van der Waals surface area contributed by atoms with Crippen molar-refractivity contribution in [2.24, 2.45) is 0 Å². The summed E-state index contributed by atoms with van der Waals surface area (Å²) in [6.45, 7) is 2.29. The van der Waals surface area contributed by atoms with Gasteiger partial charge < -0.3 is 9.64 Å². The van der Waals surface area contributed by atoms with Crippen LogP contribution in [0, 0.1) is 11.3 Å². The number of sulfonamides is 1. The Morgan fingerprint density at radius 2 is 2.00 bits per heavy atom. The molecule has 0 N–H and O–H groups in total. The number of ether oxygens (including phenoxy) is 1. The van der Waals surface area contributed by atoms with Crippen LogP contribution in [0.5, 0.6) is 0 Å². The highest BCUT2D eigenvalue weighted by molar-refractivity contribution is 7.89. The van der Waals surface area contributed by atoms with Crippen molar-refractivity contribution in [2.75, 3.05) is 39.4 Å². The third kappa shape index (κ3) is 3.84. The maximum absolute atomic E-state index is 12.8. The zero-order valence-electron chi connectivity index (χ0n) is 13.9. The first kappa shape index (κ1) is 17.9. The molecule has 1 amide bonds. The van der Waals surface area contributed by atoms with Gasteiger partial charge in [0, 0.05) is 31.7 Å². The summed E-state index contributed by atoms with van der Waals surface area (Å²) in [6, 6.07) is 8.52. The van der Waals surface area contributed by atoms with E-state index < -0.39 is 15.3 Å². The smallest absolute Gasteiger partial charge is 0.253 e. The number of carbonyl (C=O) groups excluding carboxylic acids is 1. The fraction of sp³-hybridized carbons (Fsp3) is 0.529. The molecule has 0 saturated carbocycles. The van der Waals surface area contributed by atoms with E-state index >= 15 is 0 Å². The summed E-state index contributed by atoms with van der Waals surface area (Å²) in [5.41, 5.74) is 0.837. The number of likely N-dealkylation sites (tertiary alicyclic amines) is 1. The monoisotopic (exact) mass is 363 g/mol. The second-order valence-electron chi connectivity index (χ2n) is 6.26. The summed E-state index contributed by atoms with van der Waals surface area (Å²) in [7, 11) is -3.44. The quantitative estimate of drug-likeness (QED) is 0.793. The molecule has 2 fully saturated rings. The van der Waals surface area contributed by atoms with Crippen molar-refractivity contribution >= 4 is 15.9 Å². The lowest BCUT2D eigenvalue weighted by Crippen LogP contribution is -2.51. The van der Waals surface area contributed by atoms with Crippen LogP contribution < -0.4 is 0 Å². The molecule has 2 aliphatic rings. The molecule has 25 heavy (non-hydrogen) atoms. The van der Waals surface area contributed by atoms with E-state index in [1.165, 1.54) is 4.31 Å². The molecular weight excluding hydrogens is 342 g/mol. The molecule has 2 heterocycles. The Kier molecular flexibility index (Phi) is 5.37. The summed E-state index contributed by atoms with van der Waals surface area (Å²) in [6.07, 6.45) is 1.21. The van der Waals surface area contributed by atoms with Crippen LogP contribution in [0.2, 0.25) is 0 Å². The molecule has 7 nitrogen and oxygen atoms in total. The second kappa shape index (κ2) is 7.52. The van der Waals surface area contributed by atoms with E-state index in [9.17, 15) is 13.2 Å². The van der Waals surface area contributed by atoms with Crippen molar-refractivity contribution in [2.45, 2.75) is 18.1 Å². The molecule has 3 rings (SSSR count).